The molecule has 0 saturated heterocycles. The van der Waals surface area contributed by atoms with Crippen molar-refractivity contribution in [2.24, 2.45) is 0 Å². The fourth-order valence-electron chi connectivity index (χ4n) is 10.6. The van der Waals surface area contributed by atoms with E-state index in [0.29, 0.717) is 19.3 Å². The summed E-state index contributed by atoms with van der Waals surface area (Å²) in [6.45, 7) is 2.61. The highest BCUT2D eigenvalue weighted by Crippen LogP contribution is 2.45. The topological polar surface area (TPSA) is 231 Å². The molecule has 0 rings (SSSR count). The van der Waals surface area contributed by atoms with E-state index in [0.717, 1.165) is 109 Å². The number of hydrogen-bond acceptors (Lipinski definition) is 14. The summed E-state index contributed by atoms with van der Waals surface area (Å²) in [5.41, 5.74) is 0. The van der Waals surface area contributed by atoms with E-state index in [1.165, 1.54) is 173 Å². The van der Waals surface area contributed by atoms with Crippen LogP contribution in [0.4, 0.5) is 0 Å². The van der Waals surface area contributed by atoms with Gasteiger partial charge in [0.1, 0.15) is 25.4 Å². The minimum atomic E-state index is -4.91. The number of allylic oxidation sites excluding steroid dienone is 12. The molecule has 0 fully saturated rings. The third-order valence-electron chi connectivity index (χ3n) is 16.4. The van der Waals surface area contributed by atoms with Gasteiger partial charge in [0, 0.05) is 19.3 Å². The number of phosphoric acid groups is 2. The van der Waals surface area contributed by atoms with Gasteiger partial charge in [0.25, 0.3) is 0 Å². The number of aliphatic hydroxyl groups excluding tert-OH is 2. The zero-order valence-corrected chi connectivity index (χ0v) is 62.1. The molecule has 5 atom stereocenters. The molecule has 0 aromatic heterocycles. The molecule has 0 heterocycles. The van der Waals surface area contributed by atoms with Gasteiger partial charge in [-0.3, -0.25) is 32.5 Å². The van der Waals surface area contributed by atoms with Gasteiger partial charge in [0.2, 0.25) is 0 Å². The molecule has 0 aromatic carbocycles. The van der Waals surface area contributed by atoms with E-state index in [1.807, 2.05) is 0 Å². The van der Waals surface area contributed by atoms with E-state index < -0.39 is 91.5 Å². The number of phosphoric ester groups is 2. The molecule has 0 radical (unpaired) electrons. The Bertz CT molecular complexity index is 2020. The highest BCUT2D eigenvalue weighted by Gasteiger charge is 2.29. The van der Waals surface area contributed by atoms with Gasteiger partial charge in [-0.25, -0.2) is 9.13 Å². The minimum absolute atomic E-state index is 0.113. The fourth-order valence-corrected chi connectivity index (χ4v) is 12.2. The van der Waals surface area contributed by atoms with E-state index in [9.17, 15) is 43.5 Å². The lowest BCUT2D eigenvalue weighted by molar-refractivity contribution is -0.161. The average molecular weight is 1380 g/mol. The smallest absolute Gasteiger partial charge is 0.463 e. The molecular formula is C77H140O16P2. The lowest BCUT2D eigenvalue weighted by Gasteiger charge is -2.21. The SMILES string of the molecule is CC/C=C\C/C=C\C/C=C\C/C=C\C/C=C\C/C=C\CCCCCCCCCCCCCCCCC(=O)OCC(O)COP(=O)(O)OCC(O)COP(=O)(O)OCC(COC(=O)CCCCCCCCCCCCCCC)OC(=O)CCCCCCCCCCCCCCC. The predicted octanol–water partition coefficient (Wildman–Crippen LogP) is 21.9. The van der Waals surface area contributed by atoms with Crippen molar-refractivity contribution in [3.05, 3.63) is 72.9 Å². The Kier molecular flexibility index (Phi) is 68.6. The molecule has 0 aromatic rings. The van der Waals surface area contributed by atoms with Crippen LogP contribution in [0.2, 0.25) is 0 Å². The zero-order valence-electron chi connectivity index (χ0n) is 60.3. The van der Waals surface area contributed by atoms with Crippen LogP contribution in [-0.2, 0) is 55.8 Å². The number of ether oxygens (including phenoxy) is 3. The average Bonchev–Trinajstić information content (AvgIpc) is 2.18. The second-order valence-electron chi connectivity index (χ2n) is 25.8. The summed E-state index contributed by atoms with van der Waals surface area (Å²) in [4.78, 5) is 58.4. The Morgan fingerprint density at radius 3 is 0.884 bits per heavy atom. The van der Waals surface area contributed by atoms with Crippen LogP contribution < -0.4 is 0 Å². The second-order valence-corrected chi connectivity index (χ2v) is 28.7. The number of rotatable bonds is 73. The van der Waals surface area contributed by atoms with Crippen LogP contribution in [0.15, 0.2) is 72.9 Å². The van der Waals surface area contributed by atoms with Gasteiger partial charge in [-0.05, 0) is 70.6 Å². The first-order valence-corrected chi connectivity index (χ1v) is 41.2. The molecule has 0 amide bonds. The Labute approximate surface area is 579 Å². The van der Waals surface area contributed by atoms with Crippen LogP contribution in [0, 0.1) is 0 Å². The molecule has 0 spiro atoms. The van der Waals surface area contributed by atoms with Gasteiger partial charge in [-0.1, -0.05) is 325 Å². The first-order valence-electron chi connectivity index (χ1n) is 38.2. The molecule has 0 saturated carbocycles. The maximum Gasteiger partial charge on any atom is 0.472 e. The third-order valence-corrected chi connectivity index (χ3v) is 18.3. The van der Waals surface area contributed by atoms with Crippen LogP contribution in [0.3, 0.4) is 0 Å². The molecule has 16 nitrogen and oxygen atoms in total. The first kappa shape index (κ1) is 92.0. The van der Waals surface area contributed by atoms with Gasteiger partial charge in [0.15, 0.2) is 6.10 Å². The Balaban J connectivity index is 4.32. The molecule has 0 aliphatic carbocycles. The van der Waals surface area contributed by atoms with E-state index >= 15 is 0 Å². The Morgan fingerprint density at radius 2 is 0.558 bits per heavy atom. The predicted molar refractivity (Wildman–Crippen MR) is 390 cm³/mol. The fraction of sp³-hybridized carbons (Fsp3) is 0.805. The molecule has 4 N–H and O–H groups in total. The number of unbranched alkanes of at least 4 members (excludes halogenated alkanes) is 38. The molecule has 18 heteroatoms. The maximum absolute atomic E-state index is 12.9. The number of esters is 3. The number of carbonyl (C=O) groups is 3. The standard InChI is InChI=1S/C77H140O16P2/c1-4-7-10-13-16-19-22-25-26-27-28-29-30-31-32-33-34-35-36-37-38-39-40-41-42-43-44-47-49-51-54-57-60-63-75(80)87-66-72(78)67-89-94(83,84)90-68-73(79)69-91-95(85,86)92-71-74(93-77(82)65-62-59-56-53-50-46-24-21-18-15-12-9-6-3)70-88-76(81)64-61-58-55-52-48-45-23-20-17-14-11-8-5-2/h7,10,16,19,25-26,28-29,31-32,34-35,72-74,78-79H,4-6,8-9,11-15,17-18,20-24,27,30,33,36-71H2,1-3H3,(H,83,84)(H,85,86)/b10-7-,19-16-,26-25-,29-28-,32-31-,35-34-. The summed E-state index contributed by atoms with van der Waals surface area (Å²) in [6, 6.07) is 0. The summed E-state index contributed by atoms with van der Waals surface area (Å²) in [7, 11) is -9.76. The lowest BCUT2D eigenvalue weighted by atomic mass is 10.0. The lowest BCUT2D eigenvalue weighted by Crippen LogP contribution is -2.30. The first-order chi connectivity index (χ1) is 46.2. The van der Waals surface area contributed by atoms with Crippen LogP contribution in [0.25, 0.3) is 0 Å². The van der Waals surface area contributed by atoms with Crippen molar-refractivity contribution in [3.8, 4) is 0 Å². The highest BCUT2D eigenvalue weighted by molar-refractivity contribution is 7.47. The highest BCUT2D eigenvalue weighted by atomic mass is 31.2. The quantitative estimate of drug-likeness (QED) is 0.0146. The van der Waals surface area contributed by atoms with Crippen LogP contribution in [0.1, 0.15) is 342 Å². The van der Waals surface area contributed by atoms with Crippen molar-refractivity contribution in [2.75, 3.05) is 39.6 Å². The molecule has 554 valence electrons. The molecule has 5 unspecified atom stereocenters. The maximum atomic E-state index is 12.9. The van der Waals surface area contributed by atoms with Gasteiger partial charge in [0.05, 0.1) is 26.4 Å². The minimum Gasteiger partial charge on any atom is -0.463 e. The van der Waals surface area contributed by atoms with Crippen molar-refractivity contribution in [1.29, 1.82) is 0 Å². The van der Waals surface area contributed by atoms with Crippen LogP contribution in [-0.4, -0.2) is 95.9 Å². The van der Waals surface area contributed by atoms with E-state index in [2.05, 4.69) is 93.7 Å². The number of aliphatic hydroxyl groups is 2. The largest absolute Gasteiger partial charge is 0.472 e. The second kappa shape index (κ2) is 70.8. The summed E-state index contributed by atoms with van der Waals surface area (Å²) >= 11 is 0. The molecular weight excluding hydrogens is 1240 g/mol. The summed E-state index contributed by atoms with van der Waals surface area (Å²) in [6.07, 6.45) is 76.8. The summed E-state index contributed by atoms with van der Waals surface area (Å²) in [5, 5.41) is 20.6. The third kappa shape index (κ3) is 72.1. The van der Waals surface area contributed by atoms with Crippen molar-refractivity contribution >= 4 is 33.6 Å². The number of carbonyl (C=O) groups excluding carboxylic acids is 3. The summed E-state index contributed by atoms with van der Waals surface area (Å²) < 4.78 is 61.0. The van der Waals surface area contributed by atoms with Crippen LogP contribution >= 0.6 is 15.6 Å². The van der Waals surface area contributed by atoms with E-state index in [4.69, 9.17) is 32.3 Å². The monoisotopic (exact) mass is 1380 g/mol. The normalized spacial score (nSPS) is 14.5. The van der Waals surface area contributed by atoms with Gasteiger partial charge in [-0.15, -0.1) is 0 Å². The number of hydrogen-bond donors (Lipinski definition) is 4. The van der Waals surface area contributed by atoms with Crippen LogP contribution in [0.5, 0.6) is 0 Å². The van der Waals surface area contributed by atoms with Gasteiger partial charge < -0.3 is 34.2 Å². The molecule has 0 aliphatic rings. The van der Waals surface area contributed by atoms with Crippen molar-refractivity contribution < 1.29 is 75.8 Å². The van der Waals surface area contributed by atoms with Gasteiger partial charge >= 0.3 is 33.6 Å². The Morgan fingerprint density at radius 1 is 0.305 bits per heavy atom. The Hall–Kier alpha value is -3.01. The van der Waals surface area contributed by atoms with Crippen molar-refractivity contribution in [2.45, 2.75) is 360 Å². The summed E-state index contributed by atoms with van der Waals surface area (Å²) in [5.74, 6) is -1.55. The van der Waals surface area contributed by atoms with Gasteiger partial charge in [-0.2, -0.15) is 0 Å². The molecule has 0 bridgehead atoms. The van der Waals surface area contributed by atoms with Crippen molar-refractivity contribution in [1.82, 2.24) is 0 Å². The molecule has 0 aliphatic heterocycles. The van der Waals surface area contributed by atoms with Crippen molar-refractivity contribution in [3.63, 3.8) is 0 Å². The van der Waals surface area contributed by atoms with E-state index in [-0.39, 0.29) is 19.3 Å². The van der Waals surface area contributed by atoms with E-state index in [1.54, 1.807) is 0 Å². The zero-order chi connectivity index (χ0) is 69.5. The molecule has 95 heavy (non-hydrogen) atoms.